The zero-order valence-electron chi connectivity index (χ0n) is 33.6. The number of fused-ring (bicyclic) bond motifs is 4. The Morgan fingerprint density at radius 2 is 1.93 bits per heavy atom. The van der Waals surface area contributed by atoms with E-state index in [9.17, 15) is 25.0 Å². The molecule has 1 amide bonds. The van der Waals surface area contributed by atoms with Crippen LogP contribution < -0.4 is 16.2 Å². The highest BCUT2D eigenvalue weighted by atomic mass is 32.5. The average molecular weight is 911 g/mol. The van der Waals surface area contributed by atoms with E-state index in [1.165, 1.54) is 23.4 Å². The molecular formula is C34H48N10O10P2S2Si. The van der Waals surface area contributed by atoms with Crippen LogP contribution in [0.25, 0.3) is 11.2 Å². The first-order chi connectivity index (χ1) is 27.7. The van der Waals surface area contributed by atoms with Gasteiger partial charge in [0.25, 0.3) is 5.56 Å². The lowest BCUT2D eigenvalue weighted by molar-refractivity contribution is -0.118. The lowest BCUT2D eigenvalue weighted by Gasteiger charge is -2.41. The Bertz CT molecular complexity index is 2280. The standard InChI is InChI=1S/C34H48N10O10P2S2Si/c1-19(2)30(45)42-33-41-29-25(31(46)43-33)39-18-44(29)32-27-26(54-59(6,7)34(3,4)5)24(51-32)16-49-55(47,57)52-23-12-22(40-28-21(13-36)14-37-17-38-28)11-20(23)15-50-56(58,53-27)48-10-8-9-35/h14,17-20,22-24,26-27,32H,8,10-12,15-16H2,1-7H3,(H,47,57)(H,37,38,40)(H2,41,42,43,45,46)/t20-,22-,23+,24-,26-,27-,32-,55?,56+/m1/s1. The van der Waals surface area contributed by atoms with Crippen molar-refractivity contribution in [2.75, 3.05) is 30.5 Å². The first-order valence-corrected chi connectivity index (χ1v) is 27.0. The van der Waals surface area contributed by atoms with Gasteiger partial charge in [0.15, 0.2) is 25.7 Å². The number of anilines is 2. The highest BCUT2D eigenvalue weighted by molar-refractivity contribution is 8.07. The molecule has 3 aromatic heterocycles. The van der Waals surface area contributed by atoms with E-state index in [4.69, 9.17) is 55.4 Å². The summed E-state index contributed by atoms with van der Waals surface area (Å²) in [7, 11) is -2.68. The molecule has 1 unspecified atom stereocenters. The molecule has 5 heterocycles. The van der Waals surface area contributed by atoms with Crippen molar-refractivity contribution in [1.29, 1.82) is 10.5 Å². The molecule has 59 heavy (non-hydrogen) atoms. The molecule has 25 heteroatoms. The summed E-state index contributed by atoms with van der Waals surface area (Å²) in [6.45, 7) is 5.34. The molecule has 0 aromatic carbocycles. The molecule has 3 fully saturated rings. The van der Waals surface area contributed by atoms with Crippen LogP contribution in [0.4, 0.5) is 11.8 Å². The van der Waals surface area contributed by atoms with Gasteiger partial charge in [-0.25, -0.2) is 15.0 Å². The Morgan fingerprint density at radius 1 is 1.17 bits per heavy atom. The number of aromatic amines is 1. The number of rotatable bonds is 10. The quantitative estimate of drug-likeness (QED) is 0.122. The maximum absolute atomic E-state index is 13.3. The van der Waals surface area contributed by atoms with Crippen LogP contribution in [-0.4, -0.2) is 98.9 Å². The SMILES string of the molecule is CC(C)C(=O)Nc1nc2c(ncn2[C@@H]2O[C@@H]3COP(O)(=S)O[C@H]4C[C@H](Nc5ncncc5C#N)C[C@@H]4CO[P@@](=S)(OCCC#N)O[C@@H]2[C@@H]3O[Si](C)(C)C(C)(C)C)c(=O)[nH]1. The molecule has 3 aromatic rings. The van der Waals surface area contributed by atoms with Gasteiger partial charge >= 0.3 is 13.4 Å². The van der Waals surface area contributed by atoms with Crippen molar-refractivity contribution in [3.63, 3.8) is 0 Å². The third kappa shape index (κ3) is 10.5. The third-order valence-corrected chi connectivity index (χ3v) is 19.0. The molecular weight excluding hydrogens is 863 g/mol. The van der Waals surface area contributed by atoms with Gasteiger partial charge in [0.1, 0.15) is 42.1 Å². The first kappa shape index (κ1) is 45.4. The van der Waals surface area contributed by atoms with E-state index >= 15 is 0 Å². The van der Waals surface area contributed by atoms with Crippen LogP contribution in [0.1, 0.15) is 65.7 Å². The Labute approximate surface area is 352 Å². The number of nitrogens with one attached hydrogen (secondary N) is 3. The fourth-order valence-electron chi connectivity index (χ4n) is 6.51. The zero-order chi connectivity index (χ0) is 42.9. The van der Waals surface area contributed by atoms with Crippen LogP contribution in [0.5, 0.6) is 0 Å². The number of nitrogens with zero attached hydrogens (tertiary/aromatic N) is 7. The van der Waals surface area contributed by atoms with Crippen LogP contribution in [0.3, 0.4) is 0 Å². The number of aromatic nitrogens is 6. The summed E-state index contributed by atoms with van der Waals surface area (Å²) >= 11 is 11.7. The molecule has 1 saturated carbocycles. The zero-order valence-corrected chi connectivity index (χ0v) is 38.0. The molecule has 0 spiro atoms. The van der Waals surface area contributed by atoms with Gasteiger partial charge < -0.3 is 37.5 Å². The average Bonchev–Trinajstić information content (AvgIpc) is 3.84. The van der Waals surface area contributed by atoms with Crippen molar-refractivity contribution in [1.82, 2.24) is 29.5 Å². The maximum Gasteiger partial charge on any atom is 0.327 e. The molecule has 9 atom stereocenters. The Balaban J connectivity index is 1.42. The van der Waals surface area contributed by atoms with E-state index in [1.807, 2.05) is 13.1 Å². The number of imidazole rings is 1. The molecule has 4 N–H and O–H groups in total. The van der Waals surface area contributed by atoms with Gasteiger partial charge in [-0.05, 0) is 54.6 Å². The van der Waals surface area contributed by atoms with Crippen molar-refractivity contribution < 1.29 is 41.5 Å². The molecule has 2 bridgehead atoms. The van der Waals surface area contributed by atoms with E-state index in [0.717, 1.165) is 0 Å². The predicted octanol–water partition coefficient (Wildman–Crippen LogP) is 4.74. The molecule has 1 aliphatic carbocycles. The van der Waals surface area contributed by atoms with Gasteiger partial charge in [-0.2, -0.15) is 15.5 Å². The molecule has 20 nitrogen and oxygen atoms in total. The number of hydrogen-bond acceptors (Lipinski definition) is 18. The number of hydrogen-bond donors (Lipinski definition) is 4. The van der Waals surface area contributed by atoms with Gasteiger partial charge in [0.05, 0.1) is 50.9 Å². The normalized spacial score (nSPS) is 30.4. The molecule has 2 aliphatic heterocycles. The maximum atomic E-state index is 13.3. The van der Waals surface area contributed by atoms with E-state index in [0.29, 0.717) is 18.7 Å². The summed E-state index contributed by atoms with van der Waals surface area (Å²) in [4.78, 5) is 57.0. The summed E-state index contributed by atoms with van der Waals surface area (Å²) < 4.78 is 46.9. The molecule has 3 aliphatic rings. The van der Waals surface area contributed by atoms with Crippen LogP contribution in [0, 0.1) is 34.5 Å². The summed E-state index contributed by atoms with van der Waals surface area (Å²) in [6, 6.07) is 3.82. The van der Waals surface area contributed by atoms with Gasteiger partial charge in [0.2, 0.25) is 11.9 Å². The van der Waals surface area contributed by atoms with Crippen molar-refractivity contribution in [2.45, 2.75) is 109 Å². The van der Waals surface area contributed by atoms with Gasteiger partial charge in [-0.1, -0.05) is 34.6 Å². The second-order valence-electron chi connectivity index (χ2n) is 16.2. The molecule has 2 saturated heterocycles. The predicted molar refractivity (Wildman–Crippen MR) is 223 cm³/mol. The van der Waals surface area contributed by atoms with Crippen LogP contribution in [0.2, 0.25) is 18.1 Å². The van der Waals surface area contributed by atoms with Crippen molar-refractivity contribution in [3.8, 4) is 12.1 Å². The van der Waals surface area contributed by atoms with Gasteiger partial charge in [-0.3, -0.25) is 29.0 Å². The van der Waals surface area contributed by atoms with Crippen molar-refractivity contribution in [3.05, 3.63) is 34.8 Å². The number of carbonyl (C=O) groups excluding carboxylic acids is 1. The lowest BCUT2D eigenvalue weighted by Crippen LogP contribution is -2.50. The fraction of sp³-hybridized carbons (Fsp3) is 0.647. The Hall–Kier alpha value is -3.12. The number of amides is 1. The van der Waals surface area contributed by atoms with Crippen molar-refractivity contribution in [2.24, 2.45) is 11.8 Å². The summed E-state index contributed by atoms with van der Waals surface area (Å²) in [5.74, 6) is -1.00. The van der Waals surface area contributed by atoms with Gasteiger partial charge in [0, 0.05) is 17.9 Å². The Morgan fingerprint density at radius 3 is 2.63 bits per heavy atom. The monoisotopic (exact) mass is 910 g/mol. The minimum Gasteiger partial charge on any atom is -0.408 e. The van der Waals surface area contributed by atoms with Crippen molar-refractivity contribution >= 4 is 74.2 Å². The highest BCUT2D eigenvalue weighted by Gasteiger charge is 2.55. The fourth-order valence-corrected chi connectivity index (χ4v) is 11.4. The smallest absolute Gasteiger partial charge is 0.327 e. The Kier molecular flexibility index (Phi) is 13.9. The topological polar surface area (TPSA) is 263 Å². The lowest BCUT2D eigenvalue weighted by atomic mass is 10.1. The second kappa shape index (κ2) is 18.1. The highest BCUT2D eigenvalue weighted by Crippen LogP contribution is 2.58. The summed E-state index contributed by atoms with van der Waals surface area (Å²) in [5, 5.41) is 24.6. The second-order valence-corrected chi connectivity index (χ2v) is 26.7. The minimum atomic E-state index is -3.99. The number of ether oxygens (including phenoxy) is 1. The van der Waals surface area contributed by atoms with E-state index in [-0.39, 0.29) is 65.9 Å². The van der Waals surface area contributed by atoms with Crippen LogP contribution >= 0.6 is 13.4 Å². The molecule has 320 valence electrons. The number of carbonyl (C=O) groups is 1. The number of H-pyrrole nitrogens is 1. The van der Waals surface area contributed by atoms with Crippen LogP contribution in [0.15, 0.2) is 23.6 Å². The minimum absolute atomic E-state index is 0.0193. The largest absolute Gasteiger partial charge is 0.408 e. The third-order valence-electron chi connectivity index (χ3n) is 10.6. The van der Waals surface area contributed by atoms with Gasteiger partial charge in [-0.15, -0.1) is 0 Å². The van der Waals surface area contributed by atoms with Crippen LogP contribution in [-0.2, 0) is 60.2 Å². The first-order valence-electron chi connectivity index (χ1n) is 18.9. The molecule has 6 rings (SSSR count). The summed E-state index contributed by atoms with van der Waals surface area (Å²) in [6.07, 6.45) is -0.170. The van der Waals surface area contributed by atoms with E-state index < -0.39 is 69.8 Å². The van der Waals surface area contributed by atoms with E-state index in [2.05, 4.69) is 68.5 Å². The number of nitriles is 2. The molecule has 0 radical (unpaired) electrons. The van der Waals surface area contributed by atoms with E-state index in [1.54, 1.807) is 13.8 Å². The summed E-state index contributed by atoms with van der Waals surface area (Å²) in [5.41, 5.74) is -0.372.